The van der Waals surface area contributed by atoms with Gasteiger partial charge < -0.3 is 4.74 Å². The van der Waals surface area contributed by atoms with Gasteiger partial charge in [0, 0.05) is 11.4 Å². The van der Waals surface area contributed by atoms with Crippen LogP contribution in [0.2, 0.25) is 5.02 Å². The third kappa shape index (κ3) is 1.92. The van der Waals surface area contributed by atoms with Gasteiger partial charge in [0.2, 0.25) is 0 Å². The minimum Gasteiger partial charge on any atom is -0.465 e. The normalized spacial score (nSPS) is 22.3. The molecule has 0 saturated carbocycles. The van der Waals surface area contributed by atoms with Gasteiger partial charge in [-0.05, 0) is 23.3 Å². The molecule has 19 heavy (non-hydrogen) atoms. The summed E-state index contributed by atoms with van der Waals surface area (Å²) >= 11 is 5.93. The predicted octanol–water partition coefficient (Wildman–Crippen LogP) is 3.57. The molecule has 1 unspecified atom stereocenters. The number of rotatable bonds is 2. The second-order valence-electron chi connectivity index (χ2n) is 4.66. The van der Waals surface area contributed by atoms with Gasteiger partial charge in [-0.2, -0.15) is 0 Å². The van der Waals surface area contributed by atoms with Crippen LogP contribution in [0.1, 0.15) is 17.5 Å². The zero-order chi connectivity index (χ0) is 13.3. The molecule has 0 spiro atoms. The quantitative estimate of drug-likeness (QED) is 0.781. The highest BCUT2D eigenvalue weighted by atomic mass is 35.5. The number of cyclic esters (lactones) is 1. The Hall–Kier alpha value is -1.80. The lowest BCUT2D eigenvalue weighted by molar-refractivity contribution is -0.141. The van der Waals surface area contributed by atoms with Gasteiger partial charge in [0.25, 0.3) is 0 Å². The highest BCUT2D eigenvalue weighted by molar-refractivity contribution is 6.30. The molecule has 96 valence electrons. The summed E-state index contributed by atoms with van der Waals surface area (Å²) in [6.07, 6.45) is 0.664. The van der Waals surface area contributed by atoms with Crippen LogP contribution >= 0.6 is 11.6 Å². The fraction of sp³-hybridized carbons (Fsp3) is 0.188. The first kappa shape index (κ1) is 12.2. The van der Waals surface area contributed by atoms with Crippen molar-refractivity contribution in [3.05, 3.63) is 70.7 Å². The van der Waals surface area contributed by atoms with Crippen molar-refractivity contribution in [3.8, 4) is 0 Å². The zero-order valence-electron chi connectivity index (χ0n) is 10.3. The van der Waals surface area contributed by atoms with E-state index >= 15 is 0 Å². The number of halogens is 1. The van der Waals surface area contributed by atoms with E-state index in [0.717, 1.165) is 11.1 Å². The molecule has 3 heteroatoms. The predicted molar refractivity (Wildman–Crippen MR) is 74.3 cm³/mol. The van der Waals surface area contributed by atoms with Gasteiger partial charge in [-0.3, -0.25) is 4.79 Å². The molecule has 0 aromatic heterocycles. The van der Waals surface area contributed by atoms with Crippen LogP contribution in [0.3, 0.4) is 0 Å². The van der Waals surface area contributed by atoms with Gasteiger partial charge in [0.05, 0.1) is 6.61 Å². The van der Waals surface area contributed by atoms with Crippen molar-refractivity contribution in [2.45, 2.75) is 11.8 Å². The molecule has 1 heterocycles. The molecule has 1 aliphatic heterocycles. The molecule has 0 radical (unpaired) electrons. The van der Waals surface area contributed by atoms with E-state index in [2.05, 4.69) is 0 Å². The Morgan fingerprint density at radius 3 is 2.16 bits per heavy atom. The Kier molecular flexibility index (Phi) is 3.03. The summed E-state index contributed by atoms with van der Waals surface area (Å²) in [5, 5.41) is 0.665. The molecule has 2 aromatic carbocycles. The van der Waals surface area contributed by atoms with E-state index in [1.54, 1.807) is 0 Å². The highest BCUT2D eigenvalue weighted by Gasteiger charge is 2.47. The number of ether oxygens (including phenoxy) is 1. The van der Waals surface area contributed by atoms with E-state index in [9.17, 15) is 4.79 Å². The lowest BCUT2D eigenvalue weighted by Gasteiger charge is -2.25. The molecule has 2 nitrogen and oxygen atoms in total. The first-order valence-corrected chi connectivity index (χ1v) is 6.60. The van der Waals surface area contributed by atoms with E-state index in [1.807, 2.05) is 54.6 Å². The van der Waals surface area contributed by atoms with Crippen LogP contribution in [0.15, 0.2) is 54.6 Å². The van der Waals surface area contributed by atoms with Crippen LogP contribution in [0.5, 0.6) is 0 Å². The monoisotopic (exact) mass is 272 g/mol. The number of benzene rings is 2. The van der Waals surface area contributed by atoms with Gasteiger partial charge in [-0.1, -0.05) is 54.1 Å². The van der Waals surface area contributed by atoms with E-state index in [4.69, 9.17) is 16.3 Å². The lowest BCUT2D eigenvalue weighted by atomic mass is 9.73. The van der Waals surface area contributed by atoms with E-state index in [1.165, 1.54) is 0 Å². The Labute approximate surface area is 117 Å². The van der Waals surface area contributed by atoms with Crippen LogP contribution < -0.4 is 0 Å². The molecule has 1 aliphatic rings. The number of esters is 1. The van der Waals surface area contributed by atoms with Gasteiger partial charge >= 0.3 is 5.97 Å². The Balaban J connectivity index is 2.18. The second kappa shape index (κ2) is 4.71. The van der Waals surface area contributed by atoms with Crippen molar-refractivity contribution < 1.29 is 9.53 Å². The van der Waals surface area contributed by atoms with Crippen molar-refractivity contribution in [3.63, 3.8) is 0 Å². The fourth-order valence-corrected chi connectivity index (χ4v) is 2.80. The molecular formula is C16H13ClO2. The smallest absolute Gasteiger partial charge is 0.321 e. The SMILES string of the molecule is O=C1OCCC1(c1ccccc1)c1ccc(Cl)cc1. The first-order chi connectivity index (χ1) is 9.23. The van der Waals surface area contributed by atoms with Gasteiger partial charge in [-0.15, -0.1) is 0 Å². The summed E-state index contributed by atoms with van der Waals surface area (Å²) in [7, 11) is 0. The summed E-state index contributed by atoms with van der Waals surface area (Å²) in [4.78, 5) is 12.3. The van der Waals surface area contributed by atoms with Gasteiger partial charge in [0.15, 0.2) is 0 Å². The summed E-state index contributed by atoms with van der Waals surface area (Å²) < 4.78 is 5.24. The molecule has 0 bridgehead atoms. The van der Waals surface area contributed by atoms with Crippen molar-refractivity contribution in [1.82, 2.24) is 0 Å². The maximum absolute atomic E-state index is 12.3. The topological polar surface area (TPSA) is 26.3 Å². The lowest BCUT2D eigenvalue weighted by Crippen LogP contribution is -2.32. The van der Waals surface area contributed by atoms with Crippen molar-refractivity contribution in [2.75, 3.05) is 6.61 Å². The maximum Gasteiger partial charge on any atom is 0.321 e. The molecule has 3 rings (SSSR count). The third-order valence-corrected chi connectivity index (χ3v) is 3.91. The molecule has 0 amide bonds. The number of hydrogen-bond donors (Lipinski definition) is 0. The standard InChI is InChI=1S/C16H13ClO2/c17-14-8-6-13(7-9-14)16(10-11-19-15(16)18)12-4-2-1-3-5-12/h1-9H,10-11H2. The summed E-state index contributed by atoms with van der Waals surface area (Å²) in [5.74, 6) is -0.180. The Bertz CT molecular complexity index is 592. The van der Waals surface area contributed by atoms with Crippen LogP contribution in [-0.4, -0.2) is 12.6 Å². The maximum atomic E-state index is 12.3. The number of carbonyl (C=O) groups is 1. The van der Waals surface area contributed by atoms with Crippen LogP contribution in [0.4, 0.5) is 0 Å². The average Bonchev–Trinajstić information content (AvgIpc) is 2.83. The summed E-state index contributed by atoms with van der Waals surface area (Å²) in [6, 6.07) is 17.2. The Morgan fingerprint density at radius 2 is 1.58 bits per heavy atom. The molecule has 1 fully saturated rings. The summed E-state index contributed by atoms with van der Waals surface area (Å²) in [5.41, 5.74) is 1.22. The van der Waals surface area contributed by atoms with Crippen molar-refractivity contribution in [1.29, 1.82) is 0 Å². The molecule has 2 aromatic rings. The number of hydrogen-bond acceptors (Lipinski definition) is 2. The molecule has 0 N–H and O–H groups in total. The fourth-order valence-electron chi connectivity index (χ4n) is 2.67. The molecule has 1 atom stereocenters. The van der Waals surface area contributed by atoms with E-state index < -0.39 is 5.41 Å². The molecule has 1 saturated heterocycles. The van der Waals surface area contributed by atoms with Crippen molar-refractivity contribution in [2.24, 2.45) is 0 Å². The van der Waals surface area contributed by atoms with E-state index in [-0.39, 0.29) is 5.97 Å². The van der Waals surface area contributed by atoms with Gasteiger partial charge in [0.1, 0.15) is 5.41 Å². The van der Waals surface area contributed by atoms with Crippen LogP contribution in [0.25, 0.3) is 0 Å². The van der Waals surface area contributed by atoms with Crippen LogP contribution in [-0.2, 0) is 14.9 Å². The van der Waals surface area contributed by atoms with Gasteiger partial charge in [-0.25, -0.2) is 0 Å². The van der Waals surface area contributed by atoms with Crippen LogP contribution in [0, 0.1) is 0 Å². The van der Waals surface area contributed by atoms with E-state index in [0.29, 0.717) is 18.1 Å². The largest absolute Gasteiger partial charge is 0.465 e. The summed E-state index contributed by atoms with van der Waals surface area (Å²) in [6.45, 7) is 0.455. The first-order valence-electron chi connectivity index (χ1n) is 6.22. The minimum absolute atomic E-state index is 0.180. The average molecular weight is 273 g/mol. The third-order valence-electron chi connectivity index (χ3n) is 3.66. The highest BCUT2D eigenvalue weighted by Crippen LogP contribution is 2.41. The second-order valence-corrected chi connectivity index (χ2v) is 5.10. The molecular weight excluding hydrogens is 260 g/mol. The minimum atomic E-state index is -0.689. The number of carbonyl (C=O) groups excluding carboxylic acids is 1. The molecule has 0 aliphatic carbocycles. The Morgan fingerprint density at radius 1 is 0.947 bits per heavy atom. The van der Waals surface area contributed by atoms with Crippen molar-refractivity contribution >= 4 is 17.6 Å². The zero-order valence-corrected chi connectivity index (χ0v) is 11.1.